The van der Waals surface area contributed by atoms with E-state index in [1.807, 2.05) is 43.3 Å². The predicted molar refractivity (Wildman–Crippen MR) is 114 cm³/mol. The van der Waals surface area contributed by atoms with Gasteiger partial charge in [-0.3, -0.25) is 14.2 Å². The molecular formula is C20H21N3O4S2. The third kappa shape index (κ3) is 3.97. The van der Waals surface area contributed by atoms with Gasteiger partial charge in [-0.2, -0.15) is 0 Å². The van der Waals surface area contributed by atoms with Crippen molar-refractivity contribution in [2.24, 2.45) is 0 Å². The molecule has 1 saturated heterocycles. The van der Waals surface area contributed by atoms with Gasteiger partial charge in [-0.15, -0.1) is 11.3 Å². The van der Waals surface area contributed by atoms with Crippen LogP contribution in [0.15, 0.2) is 47.5 Å². The zero-order valence-corrected chi connectivity index (χ0v) is 17.6. The van der Waals surface area contributed by atoms with Gasteiger partial charge in [0.05, 0.1) is 23.3 Å². The Morgan fingerprint density at radius 2 is 2.07 bits per heavy atom. The molecule has 1 aliphatic rings. The average Bonchev–Trinajstić information content (AvgIpc) is 3.29. The van der Waals surface area contributed by atoms with E-state index in [0.717, 1.165) is 10.4 Å². The molecule has 2 aromatic heterocycles. The second-order valence-corrected chi connectivity index (χ2v) is 10.4. The van der Waals surface area contributed by atoms with Gasteiger partial charge in [0.2, 0.25) is 5.91 Å². The van der Waals surface area contributed by atoms with Crippen molar-refractivity contribution in [3.63, 3.8) is 0 Å². The van der Waals surface area contributed by atoms with Crippen LogP contribution in [0.1, 0.15) is 13.3 Å². The normalized spacial score (nSPS) is 18.2. The molecule has 0 bridgehead atoms. The fourth-order valence-corrected chi connectivity index (χ4v) is 6.49. The Labute approximate surface area is 172 Å². The molecule has 7 nitrogen and oxygen atoms in total. The fourth-order valence-electron chi connectivity index (χ4n) is 3.70. The van der Waals surface area contributed by atoms with Gasteiger partial charge in [-0.1, -0.05) is 30.3 Å². The number of thiophene rings is 1. The molecule has 0 radical (unpaired) electrons. The van der Waals surface area contributed by atoms with E-state index < -0.39 is 9.84 Å². The van der Waals surface area contributed by atoms with Crippen LogP contribution in [0, 0.1) is 0 Å². The highest BCUT2D eigenvalue weighted by molar-refractivity contribution is 7.91. The van der Waals surface area contributed by atoms with Gasteiger partial charge >= 0.3 is 0 Å². The number of carbonyl (C=O) groups is 1. The number of nitrogens with zero attached hydrogens (tertiary/aromatic N) is 3. The standard InChI is InChI=1S/C20H21N3O4S2/c1-2-23(15-8-9-29(26,27)12-15)18(24)11-22-13-21-16-10-17(28-19(16)20(22)25)14-6-4-3-5-7-14/h3-7,10,13,15H,2,8-9,11-12H2,1H3. The van der Waals surface area contributed by atoms with Crippen LogP contribution in [0.25, 0.3) is 20.7 Å². The van der Waals surface area contributed by atoms with Gasteiger partial charge in [0.15, 0.2) is 9.84 Å². The van der Waals surface area contributed by atoms with Gasteiger partial charge in [0.25, 0.3) is 5.56 Å². The summed E-state index contributed by atoms with van der Waals surface area (Å²) in [6.07, 6.45) is 1.84. The third-order valence-electron chi connectivity index (χ3n) is 5.18. The van der Waals surface area contributed by atoms with Crippen molar-refractivity contribution in [2.75, 3.05) is 18.1 Å². The quantitative estimate of drug-likeness (QED) is 0.618. The topological polar surface area (TPSA) is 89.3 Å². The lowest BCUT2D eigenvalue weighted by molar-refractivity contribution is -0.133. The molecule has 0 aliphatic carbocycles. The summed E-state index contributed by atoms with van der Waals surface area (Å²) in [6, 6.07) is 11.3. The summed E-state index contributed by atoms with van der Waals surface area (Å²) in [5.74, 6) is -0.172. The lowest BCUT2D eigenvalue weighted by Crippen LogP contribution is -2.43. The van der Waals surface area contributed by atoms with Crippen molar-refractivity contribution >= 4 is 37.3 Å². The van der Waals surface area contributed by atoms with Crippen LogP contribution < -0.4 is 5.56 Å². The summed E-state index contributed by atoms with van der Waals surface area (Å²) >= 11 is 1.36. The smallest absolute Gasteiger partial charge is 0.271 e. The maximum atomic E-state index is 12.9. The van der Waals surface area contributed by atoms with Gasteiger partial charge < -0.3 is 4.90 Å². The Balaban J connectivity index is 1.60. The van der Waals surface area contributed by atoms with Crippen LogP contribution in [0.2, 0.25) is 0 Å². The molecule has 1 amide bonds. The zero-order valence-electron chi connectivity index (χ0n) is 15.9. The molecule has 1 atom stereocenters. The minimum Gasteiger partial charge on any atom is -0.337 e. The number of aromatic nitrogens is 2. The molecule has 0 saturated carbocycles. The molecule has 9 heteroatoms. The summed E-state index contributed by atoms with van der Waals surface area (Å²) in [5.41, 5.74) is 1.36. The molecular weight excluding hydrogens is 410 g/mol. The first kappa shape index (κ1) is 19.8. The number of hydrogen-bond acceptors (Lipinski definition) is 6. The Hall–Kier alpha value is -2.52. The molecule has 152 valence electrons. The number of carbonyl (C=O) groups excluding carboxylic acids is 1. The first-order valence-corrected chi connectivity index (χ1v) is 12.1. The van der Waals surface area contributed by atoms with Gasteiger partial charge in [-0.25, -0.2) is 13.4 Å². The fraction of sp³-hybridized carbons (Fsp3) is 0.350. The Morgan fingerprint density at radius 1 is 1.31 bits per heavy atom. The molecule has 1 unspecified atom stereocenters. The van der Waals surface area contributed by atoms with Crippen LogP contribution in [-0.2, 0) is 21.2 Å². The summed E-state index contributed by atoms with van der Waals surface area (Å²) < 4.78 is 25.3. The number of sulfone groups is 1. The van der Waals surface area contributed by atoms with E-state index in [1.165, 1.54) is 22.2 Å². The SMILES string of the molecule is CCN(C(=O)Cn1cnc2cc(-c3ccccc3)sc2c1=O)C1CCS(=O)(=O)C1. The summed E-state index contributed by atoms with van der Waals surface area (Å²) in [7, 11) is -3.09. The Kier molecular flexibility index (Phi) is 5.26. The molecule has 3 heterocycles. The average molecular weight is 432 g/mol. The summed E-state index contributed by atoms with van der Waals surface area (Å²) in [6.45, 7) is 2.07. The van der Waals surface area contributed by atoms with Crippen molar-refractivity contribution in [3.8, 4) is 10.4 Å². The molecule has 4 rings (SSSR count). The minimum absolute atomic E-state index is 0.00980. The van der Waals surface area contributed by atoms with Crippen molar-refractivity contribution in [1.29, 1.82) is 0 Å². The molecule has 29 heavy (non-hydrogen) atoms. The van der Waals surface area contributed by atoms with Gasteiger partial charge in [-0.05, 0) is 25.0 Å². The van der Waals surface area contributed by atoms with E-state index in [2.05, 4.69) is 4.98 Å². The van der Waals surface area contributed by atoms with Crippen molar-refractivity contribution in [3.05, 3.63) is 53.1 Å². The maximum absolute atomic E-state index is 12.9. The number of benzene rings is 1. The van der Waals surface area contributed by atoms with Crippen LogP contribution >= 0.6 is 11.3 Å². The Bertz CT molecular complexity index is 1220. The molecule has 3 aromatic rings. The van der Waals surface area contributed by atoms with Crippen LogP contribution in [0.3, 0.4) is 0 Å². The monoisotopic (exact) mass is 431 g/mol. The van der Waals surface area contributed by atoms with Crippen LogP contribution in [-0.4, -0.2) is 52.9 Å². The van der Waals surface area contributed by atoms with Crippen LogP contribution in [0.5, 0.6) is 0 Å². The largest absolute Gasteiger partial charge is 0.337 e. The Morgan fingerprint density at radius 3 is 2.72 bits per heavy atom. The lowest BCUT2D eigenvalue weighted by Gasteiger charge is -2.27. The van der Waals surface area contributed by atoms with Gasteiger partial charge in [0.1, 0.15) is 11.2 Å². The van der Waals surface area contributed by atoms with Crippen molar-refractivity contribution < 1.29 is 13.2 Å². The summed E-state index contributed by atoms with van der Waals surface area (Å²) in [5, 5.41) is 0. The highest BCUT2D eigenvalue weighted by Crippen LogP contribution is 2.30. The number of rotatable bonds is 5. The molecule has 0 N–H and O–H groups in total. The second-order valence-electron chi connectivity index (χ2n) is 7.11. The second kappa shape index (κ2) is 7.72. The first-order chi connectivity index (χ1) is 13.9. The number of amides is 1. The van der Waals surface area contributed by atoms with E-state index in [0.29, 0.717) is 23.2 Å². The lowest BCUT2D eigenvalue weighted by atomic mass is 10.2. The zero-order chi connectivity index (χ0) is 20.6. The van der Waals surface area contributed by atoms with Gasteiger partial charge in [0, 0.05) is 17.5 Å². The first-order valence-electron chi connectivity index (χ1n) is 9.42. The molecule has 1 aromatic carbocycles. The van der Waals surface area contributed by atoms with Crippen molar-refractivity contribution in [1.82, 2.24) is 14.5 Å². The van der Waals surface area contributed by atoms with Crippen molar-refractivity contribution in [2.45, 2.75) is 25.9 Å². The summed E-state index contributed by atoms with van der Waals surface area (Å²) in [4.78, 5) is 32.6. The highest BCUT2D eigenvalue weighted by atomic mass is 32.2. The molecule has 0 spiro atoms. The highest BCUT2D eigenvalue weighted by Gasteiger charge is 2.34. The van der Waals surface area contributed by atoms with Crippen LogP contribution in [0.4, 0.5) is 0 Å². The molecule has 1 fully saturated rings. The number of hydrogen-bond donors (Lipinski definition) is 0. The van der Waals surface area contributed by atoms with E-state index in [1.54, 1.807) is 4.90 Å². The number of likely N-dealkylation sites (N-methyl/N-ethyl adjacent to an activating group) is 1. The number of fused-ring (bicyclic) bond motifs is 1. The third-order valence-corrected chi connectivity index (χ3v) is 8.09. The van der Waals surface area contributed by atoms with E-state index in [4.69, 9.17) is 0 Å². The maximum Gasteiger partial charge on any atom is 0.271 e. The predicted octanol–water partition coefficient (Wildman–Crippen LogP) is 2.16. The minimum atomic E-state index is -3.09. The molecule has 1 aliphatic heterocycles. The van der Waals surface area contributed by atoms with E-state index in [-0.39, 0.29) is 35.6 Å². The van der Waals surface area contributed by atoms with E-state index in [9.17, 15) is 18.0 Å². The van der Waals surface area contributed by atoms with E-state index >= 15 is 0 Å².